The molecular weight excluding hydrogens is 418 g/mol. The molecule has 0 fully saturated rings. The summed E-state index contributed by atoms with van der Waals surface area (Å²) in [5, 5.41) is 13.9. The third-order valence-electron chi connectivity index (χ3n) is 5.95. The Bertz CT molecular complexity index is 993. The maximum Gasteiger partial charge on any atom is 0.245 e. The summed E-state index contributed by atoms with van der Waals surface area (Å²) in [6.45, 7) is 7.37. The predicted molar refractivity (Wildman–Crippen MR) is 131 cm³/mol. The summed E-state index contributed by atoms with van der Waals surface area (Å²) < 4.78 is 0. The highest BCUT2D eigenvalue weighted by Crippen LogP contribution is 2.46. The quantitative estimate of drug-likeness (QED) is 0.557. The number of benzene rings is 1. The van der Waals surface area contributed by atoms with Gasteiger partial charge in [-0.1, -0.05) is 32.0 Å². The Morgan fingerprint density at radius 1 is 1.12 bits per heavy atom. The molecular formula is C25H31N5OS. The van der Waals surface area contributed by atoms with Crippen LogP contribution in [0.2, 0.25) is 0 Å². The first kappa shape index (κ1) is 23.8. The van der Waals surface area contributed by atoms with Crippen LogP contribution >= 0.6 is 11.8 Å². The lowest BCUT2D eigenvalue weighted by molar-refractivity contribution is -0.122. The van der Waals surface area contributed by atoms with Gasteiger partial charge in [-0.3, -0.25) is 9.78 Å². The molecule has 0 saturated heterocycles. The van der Waals surface area contributed by atoms with E-state index in [0.29, 0.717) is 16.2 Å². The van der Waals surface area contributed by atoms with Gasteiger partial charge in [0.05, 0.1) is 16.7 Å². The van der Waals surface area contributed by atoms with Gasteiger partial charge in [0.25, 0.3) is 0 Å². The van der Waals surface area contributed by atoms with Gasteiger partial charge in [0.15, 0.2) is 0 Å². The lowest BCUT2D eigenvalue weighted by atomic mass is 9.70. The normalized spacial score (nSPS) is 18.1. The molecule has 1 atom stereocenters. The fraction of sp³-hybridized carbons (Fsp3) is 0.400. The smallest absolute Gasteiger partial charge is 0.245 e. The number of pyridine rings is 1. The van der Waals surface area contributed by atoms with Crippen molar-refractivity contribution >= 4 is 23.4 Å². The zero-order valence-corrected chi connectivity index (χ0v) is 20.1. The second-order valence-corrected chi connectivity index (χ2v) is 9.04. The van der Waals surface area contributed by atoms with E-state index < -0.39 is 5.41 Å². The molecule has 6 nitrogen and oxygen atoms in total. The van der Waals surface area contributed by atoms with Crippen LogP contribution in [0.3, 0.4) is 0 Å². The van der Waals surface area contributed by atoms with Crippen molar-refractivity contribution in [3.63, 3.8) is 0 Å². The van der Waals surface area contributed by atoms with E-state index in [0.717, 1.165) is 43.1 Å². The number of nitrogens with zero attached hydrogens (tertiary/aromatic N) is 4. The van der Waals surface area contributed by atoms with Gasteiger partial charge < -0.3 is 15.1 Å². The van der Waals surface area contributed by atoms with E-state index in [1.54, 1.807) is 24.2 Å². The molecule has 2 heterocycles. The number of hydrogen-bond donors (Lipinski definition) is 1. The maximum atomic E-state index is 13.6. The van der Waals surface area contributed by atoms with Gasteiger partial charge in [-0.05, 0) is 55.4 Å². The molecule has 0 spiro atoms. The molecule has 1 aromatic heterocycles. The van der Waals surface area contributed by atoms with Crippen LogP contribution in [0.5, 0.6) is 0 Å². The Kier molecular flexibility index (Phi) is 7.94. The van der Waals surface area contributed by atoms with Gasteiger partial charge in [0, 0.05) is 37.9 Å². The highest BCUT2D eigenvalue weighted by Gasteiger charge is 2.52. The average molecular weight is 450 g/mol. The number of hydrogen-bond acceptors (Lipinski definition) is 6. The minimum Gasteiger partial charge on any atom is -0.378 e. The van der Waals surface area contributed by atoms with E-state index in [-0.39, 0.29) is 5.91 Å². The lowest BCUT2D eigenvalue weighted by Crippen LogP contribution is -2.39. The van der Waals surface area contributed by atoms with E-state index in [9.17, 15) is 10.1 Å². The van der Waals surface area contributed by atoms with E-state index in [1.165, 1.54) is 0 Å². The monoisotopic (exact) mass is 449 g/mol. The summed E-state index contributed by atoms with van der Waals surface area (Å²) in [6, 6.07) is 13.9. The Morgan fingerprint density at radius 3 is 2.41 bits per heavy atom. The Morgan fingerprint density at radius 2 is 1.84 bits per heavy atom. The van der Waals surface area contributed by atoms with Crippen LogP contribution in [0.1, 0.15) is 31.4 Å². The third kappa shape index (κ3) is 4.52. The zero-order chi connectivity index (χ0) is 23.1. The van der Waals surface area contributed by atoms with Crippen LogP contribution in [-0.4, -0.2) is 55.3 Å². The highest BCUT2D eigenvalue weighted by atomic mass is 32.2. The molecule has 1 N–H and O–H groups in total. The topological polar surface area (TPSA) is 72.3 Å². The van der Waals surface area contributed by atoms with Gasteiger partial charge in [-0.15, -0.1) is 11.8 Å². The first-order valence-corrected chi connectivity index (χ1v) is 12.0. The Hall–Kier alpha value is -2.82. The van der Waals surface area contributed by atoms with E-state index in [2.05, 4.69) is 35.1 Å². The fourth-order valence-corrected chi connectivity index (χ4v) is 5.09. The number of nitriles is 1. The molecule has 1 unspecified atom stereocenters. The van der Waals surface area contributed by atoms with Gasteiger partial charge in [0.1, 0.15) is 5.41 Å². The number of thioether (sulfide) groups is 1. The lowest BCUT2D eigenvalue weighted by Gasteiger charge is -2.28. The highest BCUT2D eigenvalue weighted by molar-refractivity contribution is 8.03. The van der Waals surface area contributed by atoms with Crippen molar-refractivity contribution in [3.05, 3.63) is 70.5 Å². The summed E-state index contributed by atoms with van der Waals surface area (Å²) >= 11 is 1.55. The molecule has 0 saturated carbocycles. The van der Waals surface area contributed by atoms with Crippen LogP contribution < -0.4 is 10.2 Å². The van der Waals surface area contributed by atoms with Crippen molar-refractivity contribution in [3.8, 4) is 6.07 Å². The first-order valence-electron chi connectivity index (χ1n) is 11.0. The minimum atomic E-state index is -1.20. The van der Waals surface area contributed by atoms with Crippen LogP contribution in [-0.2, 0) is 10.2 Å². The summed E-state index contributed by atoms with van der Waals surface area (Å²) in [5.74, 6) is 0.630. The summed E-state index contributed by atoms with van der Waals surface area (Å²) in [5.41, 5.74) is 1.74. The Labute approximate surface area is 195 Å². The zero-order valence-electron chi connectivity index (χ0n) is 19.3. The molecule has 7 heteroatoms. The number of nitrogens with one attached hydrogen (secondary N) is 1. The SMILES string of the molecule is CCN(CC)CCCSC1=C(C#N)C(c2ccc(N(C)C)cc2)(c2cccnc2)C(=O)N1. The molecule has 0 aliphatic carbocycles. The summed E-state index contributed by atoms with van der Waals surface area (Å²) in [6.07, 6.45) is 4.35. The Balaban J connectivity index is 2.00. The summed E-state index contributed by atoms with van der Waals surface area (Å²) in [7, 11) is 3.95. The molecule has 0 radical (unpaired) electrons. The van der Waals surface area contributed by atoms with Crippen LogP contribution in [0.15, 0.2) is 59.4 Å². The fourth-order valence-electron chi connectivity index (χ4n) is 4.10. The van der Waals surface area contributed by atoms with Crippen molar-refractivity contribution in [2.45, 2.75) is 25.7 Å². The number of carbonyl (C=O) groups is 1. The van der Waals surface area contributed by atoms with Crippen LogP contribution in [0.4, 0.5) is 5.69 Å². The second kappa shape index (κ2) is 10.7. The van der Waals surface area contributed by atoms with Gasteiger partial charge in [0.2, 0.25) is 5.91 Å². The molecule has 168 valence electrons. The number of aromatic nitrogens is 1. The van der Waals surface area contributed by atoms with Crippen LogP contribution in [0.25, 0.3) is 0 Å². The molecule has 3 rings (SSSR count). The van der Waals surface area contributed by atoms with Crippen LogP contribution in [0, 0.1) is 11.3 Å². The molecule has 2 aromatic rings. The van der Waals surface area contributed by atoms with Crippen molar-refractivity contribution in [2.75, 3.05) is 44.4 Å². The molecule has 1 amide bonds. The number of rotatable bonds is 10. The van der Waals surface area contributed by atoms with Crippen molar-refractivity contribution < 1.29 is 4.79 Å². The second-order valence-electron chi connectivity index (χ2n) is 7.93. The first-order chi connectivity index (χ1) is 15.5. The standard InChI is InChI=1S/C25H31N5OS/c1-5-30(6-2)15-8-16-32-23-22(17-26)25(24(31)28-23,20-9-7-14-27-18-20)19-10-12-21(13-11-19)29(3)4/h7,9-14,18H,5-6,8,15-16H2,1-4H3,(H,28,31). The van der Waals surface area contributed by atoms with Gasteiger partial charge >= 0.3 is 0 Å². The third-order valence-corrected chi connectivity index (χ3v) is 7.04. The largest absolute Gasteiger partial charge is 0.378 e. The van der Waals surface area contributed by atoms with Crippen molar-refractivity contribution in [1.82, 2.24) is 15.2 Å². The van der Waals surface area contributed by atoms with Gasteiger partial charge in [-0.25, -0.2) is 0 Å². The molecule has 1 aliphatic heterocycles. The van der Waals surface area contributed by atoms with Gasteiger partial charge in [-0.2, -0.15) is 5.26 Å². The molecule has 1 aliphatic rings. The summed E-state index contributed by atoms with van der Waals surface area (Å²) in [4.78, 5) is 22.2. The predicted octanol–water partition coefficient (Wildman–Crippen LogP) is 3.76. The number of carbonyl (C=O) groups excluding carboxylic acids is 1. The van der Waals surface area contributed by atoms with E-state index in [1.807, 2.05) is 55.4 Å². The average Bonchev–Trinajstić information content (AvgIpc) is 3.11. The number of amides is 1. The maximum absolute atomic E-state index is 13.6. The van der Waals surface area contributed by atoms with Crippen molar-refractivity contribution in [2.24, 2.45) is 0 Å². The van der Waals surface area contributed by atoms with Crippen molar-refractivity contribution in [1.29, 1.82) is 5.26 Å². The van der Waals surface area contributed by atoms with E-state index >= 15 is 0 Å². The van der Waals surface area contributed by atoms with E-state index in [4.69, 9.17) is 0 Å². The molecule has 0 bridgehead atoms. The molecule has 1 aromatic carbocycles. The molecule has 32 heavy (non-hydrogen) atoms. The minimum absolute atomic E-state index is 0.203. The number of anilines is 1.